The highest BCUT2D eigenvalue weighted by molar-refractivity contribution is 5.90. The van der Waals surface area contributed by atoms with Crippen LogP contribution in [0.4, 0.5) is 0 Å². The summed E-state index contributed by atoms with van der Waals surface area (Å²) in [4.78, 5) is 29.1. The van der Waals surface area contributed by atoms with E-state index in [1.54, 1.807) is 9.58 Å². The number of amides is 2. The molecule has 3 aromatic rings. The summed E-state index contributed by atoms with van der Waals surface area (Å²) in [6.07, 6.45) is 2.53. The van der Waals surface area contributed by atoms with Crippen molar-refractivity contribution >= 4 is 22.8 Å². The van der Waals surface area contributed by atoms with Gasteiger partial charge in [0.05, 0.1) is 12.1 Å². The van der Waals surface area contributed by atoms with Gasteiger partial charge in [-0.2, -0.15) is 0 Å². The van der Waals surface area contributed by atoms with Crippen molar-refractivity contribution in [2.45, 2.75) is 71.1 Å². The fourth-order valence-electron chi connectivity index (χ4n) is 4.00. The molecule has 8 heteroatoms. The molecule has 4 rings (SSSR count). The van der Waals surface area contributed by atoms with E-state index >= 15 is 0 Å². The Labute approximate surface area is 200 Å². The average molecular weight is 464 g/mol. The van der Waals surface area contributed by atoms with E-state index in [0.29, 0.717) is 6.61 Å². The summed E-state index contributed by atoms with van der Waals surface area (Å²) in [6.45, 7) is 8.53. The molecular formula is C26H33N5O3. The molecule has 1 aliphatic carbocycles. The summed E-state index contributed by atoms with van der Waals surface area (Å²) in [6, 6.07) is 14.3. The van der Waals surface area contributed by atoms with Gasteiger partial charge in [0.15, 0.2) is 0 Å². The zero-order chi connectivity index (χ0) is 24.3. The molecule has 1 saturated carbocycles. The smallest absolute Gasteiger partial charge is 0.247 e. The van der Waals surface area contributed by atoms with E-state index in [1.165, 1.54) is 0 Å². The van der Waals surface area contributed by atoms with Crippen LogP contribution < -0.4 is 10.1 Å². The number of carbonyl (C=O) groups is 2. The van der Waals surface area contributed by atoms with Crippen molar-refractivity contribution in [2.75, 3.05) is 6.61 Å². The molecular weight excluding hydrogens is 430 g/mol. The number of nitrogens with one attached hydrogen (secondary N) is 1. The molecule has 2 amide bonds. The molecule has 0 spiro atoms. The fraction of sp³-hybridized carbons (Fsp3) is 0.462. The number of fused-ring (bicyclic) bond motifs is 1. The Morgan fingerprint density at radius 2 is 1.85 bits per heavy atom. The predicted octanol–water partition coefficient (Wildman–Crippen LogP) is 3.87. The highest BCUT2D eigenvalue weighted by Gasteiger charge is 2.42. The highest BCUT2D eigenvalue weighted by Crippen LogP contribution is 2.36. The molecule has 1 N–H and O–H groups in total. The number of aromatic nitrogens is 3. The van der Waals surface area contributed by atoms with Crippen molar-refractivity contribution in [2.24, 2.45) is 0 Å². The van der Waals surface area contributed by atoms with Crippen molar-refractivity contribution in [3.05, 3.63) is 54.1 Å². The second kappa shape index (κ2) is 9.83. The maximum Gasteiger partial charge on any atom is 0.247 e. The van der Waals surface area contributed by atoms with E-state index in [-0.39, 0.29) is 29.9 Å². The molecule has 180 valence electrons. The van der Waals surface area contributed by atoms with Crippen LogP contribution in [0, 0.1) is 0 Å². The van der Waals surface area contributed by atoms with Crippen LogP contribution in [-0.4, -0.2) is 49.9 Å². The lowest BCUT2D eigenvalue weighted by molar-refractivity contribution is -0.143. The van der Waals surface area contributed by atoms with Crippen LogP contribution in [0.3, 0.4) is 0 Å². The van der Waals surface area contributed by atoms with Crippen LogP contribution in [0.1, 0.15) is 58.6 Å². The van der Waals surface area contributed by atoms with E-state index in [1.807, 2.05) is 76.2 Å². The van der Waals surface area contributed by atoms with Gasteiger partial charge in [-0.1, -0.05) is 36.4 Å². The Morgan fingerprint density at radius 1 is 1.15 bits per heavy atom. The molecule has 1 fully saturated rings. The molecule has 8 nitrogen and oxygen atoms in total. The molecule has 34 heavy (non-hydrogen) atoms. The Morgan fingerprint density at radius 3 is 2.50 bits per heavy atom. The summed E-state index contributed by atoms with van der Waals surface area (Å²) >= 11 is 0. The third kappa shape index (κ3) is 5.21. The summed E-state index contributed by atoms with van der Waals surface area (Å²) < 4.78 is 7.19. The average Bonchev–Trinajstić information content (AvgIpc) is 3.58. The lowest BCUT2D eigenvalue weighted by Crippen LogP contribution is -2.51. The zero-order valence-electron chi connectivity index (χ0n) is 20.3. The molecule has 0 bridgehead atoms. The summed E-state index contributed by atoms with van der Waals surface area (Å²) in [5.41, 5.74) is 1.90. The second-order valence-corrected chi connectivity index (χ2v) is 9.40. The van der Waals surface area contributed by atoms with Gasteiger partial charge >= 0.3 is 0 Å². The predicted molar refractivity (Wildman–Crippen MR) is 130 cm³/mol. The van der Waals surface area contributed by atoms with Gasteiger partial charge in [0.2, 0.25) is 11.8 Å². The fourth-order valence-corrected chi connectivity index (χ4v) is 4.00. The SMILES string of the molecule is CCOc1ccc(C(C(=O)NC(C)(C)CC)N(C(=O)Cn2nnc3ccccc32)C2CC2)cc1. The van der Waals surface area contributed by atoms with Gasteiger partial charge in [-0.25, -0.2) is 4.68 Å². The number of hydrogen-bond acceptors (Lipinski definition) is 5. The van der Waals surface area contributed by atoms with Gasteiger partial charge in [-0.05, 0) is 69.9 Å². The number of para-hydroxylation sites is 1. The largest absolute Gasteiger partial charge is 0.494 e. The quantitative estimate of drug-likeness (QED) is 0.493. The van der Waals surface area contributed by atoms with Crippen LogP contribution in [0.25, 0.3) is 11.0 Å². The van der Waals surface area contributed by atoms with Gasteiger partial charge < -0.3 is 15.0 Å². The summed E-state index contributed by atoms with van der Waals surface area (Å²) in [5.74, 6) is 0.402. The highest BCUT2D eigenvalue weighted by atomic mass is 16.5. The molecule has 1 aromatic heterocycles. The van der Waals surface area contributed by atoms with Crippen LogP contribution in [0.2, 0.25) is 0 Å². The number of rotatable bonds is 10. The minimum atomic E-state index is -0.740. The van der Waals surface area contributed by atoms with Gasteiger partial charge in [0.25, 0.3) is 0 Å². The van der Waals surface area contributed by atoms with Gasteiger partial charge in [0.1, 0.15) is 23.9 Å². The van der Waals surface area contributed by atoms with E-state index in [2.05, 4.69) is 15.6 Å². The topological polar surface area (TPSA) is 89.4 Å². The van der Waals surface area contributed by atoms with Crippen molar-refractivity contribution in [3.8, 4) is 5.75 Å². The minimum Gasteiger partial charge on any atom is -0.494 e. The molecule has 0 saturated heterocycles. The molecule has 1 unspecified atom stereocenters. The van der Waals surface area contributed by atoms with Crippen LogP contribution in [0.15, 0.2) is 48.5 Å². The van der Waals surface area contributed by atoms with Crippen LogP contribution >= 0.6 is 0 Å². The van der Waals surface area contributed by atoms with Gasteiger partial charge in [-0.3, -0.25) is 9.59 Å². The summed E-state index contributed by atoms with van der Waals surface area (Å²) in [7, 11) is 0. The molecule has 0 aliphatic heterocycles. The third-order valence-corrected chi connectivity index (χ3v) is 6.31. The van der Waals surface area contributed by atoms with Crippen molar-refractivity contribution in [3.63, 3.8) is 0 Å². The zero-order valence-corrected chi connectivity index (χ0v) is 20.3. The first-order valence-corrected chi connectivity index (χ1v) is 12.0. The Bertz CT molecular complexity index is 1150. The normalized spacial score (nSPS) is 14.6. The Kier molecular flexibility index (Phi) is 6.86. The molecule has 1 heterocycles. The molecule has 1 aliphatic rings. The van der Waals surface area contributed by atoms with E-state index < -0.39 is 6.04 Å². The number of hydrogen-bond donors (Lipinski definition) is 1. The van der Waals surface area contributed by atoms with E-state index in [0.717, 1.165) is 41.6 Å². The Hall–Kier alpha value is -3.42. The van der Waals surface area contributed by atoms with Gasteiger partial charge in [-0.15, -0.1) is 5.10 Å². The maximum absolute atomic E-state index is 13.7. The van der Waals surface area contributed by atoms with E-state index in [9.17, 15) is 9.59 Å². The number of nitrogens with zero attached hydrogens (tertiary/aromatic N) is 4. The summed E-state index contributed by atoms with van der Waals surface area (Å²) in [5, 5.41) is 11.5. The number of ether oxygens (including phenoxy) is 1. The Balaban J connectivity index is 1.67. The van der Waals surface area contributed by atoms with Crippen molar-refractivity contribution in [1.82, 2.24) is 25.2 Å². The van der Waals surface area contributed by atoms with Crippen LogP contribution in [-0.2, 0) is 16.1 Å². The monoisotopic (exact) mass is 463 g/mol. The second-order valence-electron chi connectivity index (χ2n) is 9.40. The standard InChI is InChI=1S/C26H33N5O3/c1-5-26(3,4)27-25(33)24(18-11-15-20(16-12-18)34-6-2)31(19-13-14-19)23(32)17-30-22-10-8-7-9-21(22)28-29-30/h7-12,15-16,19,24H,5-6,13-14,17H2,1-4H3,(H,27,33). The first-order chi connectivity index (χ1) is 16.3. The van der Waals surface area contributed by atoms with Gasteiger partial charge in [0, 0.05) is 11.6 Å². The maximum atomic E-state index is 13.7. The minimum absolute atomic E-state index is 0.0225. The van der Waals surface area contributed by atoms with E-state index in [4.69, 9.17) is 4.74 Å². The first-order valence-electron chi connectivity index (χ1n) is 12.0. The lowest BCUT2D eigenvalue weighted by Gasteiger charge is -2.34. The van der Waals surface area contributed by atoms with Crippen molar-refractivity contribution < 1.29 is 14.3 Å². The molecule has 1 atom stereocenters. The third-order valence-electron chi connectivity index (χ3n) is 6.31. The lowest BCUT2D eigenvalue weighted by atomic mass is 9.98. The van der Waals surface area contributed by atoms with Crippen molar-refractivity contribution in [1.29, 1.82) is 0 Å². The first kappa shape index (κ1) is 23.7. The molecule has 0 radical (unpaired) electrons. The number of benzene rings is 2. The van der Waals surface area contributed by atoms with Crippen LogP contribution in [0.5, 0.6) is 5.75 Å². The number of carbonyl (C=O) groups excluding carboxylic acids is 2. The molecule has 2 aromatic carbocycles.